The number of β-lactam (4-membered cyclic amide) rings is 1. The number of carbonyl (C=O) groups excluding carboxylic acids is 1. The molecule has 70 valence electrons. The van der Waals surface area contributed by atoms with Crippen molar-refractivity contribution in [1.29, 1.82) is 0 Å². The molecule has 0 saturated carbocycles. The summed E-state index contributed by atoms with van der Waals surface area (Å²) in [4.78, 5) is 13.2. The van der Waals surface area contributed by atoms with Crippen molar-refractivity contribution in [2.75, 3.05) is 20.8 Å². The van der Waals surface area contributed by atoms with Gasteiger partial charge in [0.2, 0.25) is 5.91 Å². The standard InChI is InChI=1S/C9H17NO2/c1-9(2)7(5-6-12-4)8(11)10(9)3/h7H,5-6H2,1-4H3. The smallest absolute Gasteiger partial charge is 0.228 e. The summed E-state index contributed by atoms with van der Waals surface area (Å²) >= 11 is 0. The Labute approximate surface area is 73.7 Å². The summed E-state index contributed by atoms with van der Waals surface area (Å²) in [5.41, 5.74) is 0.0234. The molecule has 1 heterocycles. The Bertz CT molecular complexity index is 189. The van der Waals surface area contributed by atoms with E-state index < -0.39 is 0 Å². The van der Waals surface area contributed by atoms with Crippen molar-refractivity contribution in [2.45, 2.75) is 25.8 Å². The lowest BCUT2D eigenvalue weighted by Crippen LogP contribution is -2.66. The minimum Gasteiger partial charge on any atom is -0.385 e. The molecule has 12 heavy (non-hydrogen) atoms. The molecule has 0 radical (unpaired) electrons. The number of nitrogens with zero attached hydrogens (tertiary/aromatic N) is 1. The fraction of sp³-hybridized carbons (Fsp3) is 0.889. The van der Waals surface area contributed by atoms with Gasteiger partial charge < -0.3 is 9.64 Å². The van der Waals surface area contributed by atoms with E-state index in [9.17, 15) is 4.79 Å². The van der Waals surface area contributed by atoms with Gasteiger partial charge in [0.1, 0.15) is 0 Å². The highest BCUT2D eigenvalue weighted by Crippen LogP contribution is 2.37. The molecule has 1 atom stereocenters. The fourth-order valence-corrected chi connectivity index (χ4v) is 1.70. The average Bonchev–Trinajstić information content (AvgIpc) is 2.03. The second-order valence-electron chi connectivity index (χ2n) is 3.88. The van der Waals surface area contributed by atoms with E-state index in [0.29, 0.717) is 6.61 Å². The van der Waals surface area contributed by atoms with Gasteiger partial charge in [0.05, 0.1) is 5.92 Å². The van der Waals surface area contributed by atoms with E-state index in [0.717, 1.165) is 6.42 Å². The molecule has 1 amide bonds. The van der Waals surface area contributed by atoms with Gasteiger partial charge in [0.15, 0.2) is 0 Å². The van der Waals surface area contributed by atoms with E-state index in [-0.39, 0.29) is 17.4 Å². The largest absolute Gasteiger partial charge is 0.385 e. The molecule has 1 aliphatic heterocycles. The molecule has 0 aliphatic carbocycles. The maximum absolute atomic E-state index is 11.4. The molecule has 0 aromatic carbocycles. The van der Waals surface area contributed by atoms with Crippen molar-refractivity contribution >= 4 is 5.91 Å². The molecular formula is C9H17NO2. The number of ether oxygens (including phenoxy) is 1. The SMILES string of the molecule is COCCC1C(=O)N(C)C1(C)C. The second-order valence-corrected chi connectivity index (χ2v) is 3.88. The maximum atomic E-state index is 11.4. The van der Waals surface area contributed by atoms with Crippen molar-refractivity contribution in [3.63, 3.8) is 0 Å². The number of rotatable bonds is 3. The third-order valence-electron chi connectivity index (χ3n) is 2.96. The van der Waals surface area contributed by atoms with Gasteiger partial charge in [-0.25, -0.2) is 0 Å². The van der Waals surface area contributed by atoms with Crippen LogP contribution in [0.2, 0.25) is 0 Å². The van der Waals surface area contributed by atoms with Crippen LogP contribution in [0.25, 0.3) is 0 Å². The molecule has 0 N–H and O–H groups in total. The van der Waals surface area contributed by atoms with Crippen LogP contribution in [0.3, 0.4) is 0 Å². The third-order valence-corrected chi connectivity index (χ3v) is 2.96. The minimum absolute atomic E-state index is 0.0234. The van der Waals surface area contributed by atoms with Crippen LogP contribution in [-0.2, 0) is 9.53 Å². The number of hydrogen-bond acceptors (Lipinski definition) is 2. The van der Waals surface area contributed by atoms with E-state index in [4.69, 9.17) is 4.74 Å². The molecule has 0 spiro atoms. The quantitative estimate of drug-likeness (QED) is 0.590. The topological polar surface area (TPSA) is 29.5 Å². The predicted molar refractivity (Wildman–Crippen MR) is 46.8 cm³/mol. The first-order valence-corrected chi connectivity index (χ1v) is 4.28. The molecule has 0 bridgehead atoms. The lowest BCUT2D eigenvalue weighted by molar-refractivity contribution is -0.164. The van der Waals surface area contributed by atoms with E-state index >= 15 is 0 Å². The highest BCUT2D eigenvalue weighted by molar-refractivity contribution is 5.87. The summed E-state index contributed by atoms with van der Waals surface area (Å²) in [6.07, 6.45) is 0.840. The van der Waals surface area contributed by atoms with Gasteiger partial charge in [-0.05, 0) is 20.3 Å². The Morgan fingerprint density at radius 1 is 1.58 bits per heavy atom. The Kier molecular flexibility index (Phi) is 2.42. The zero-order chi connectivity index (χ0) is 9.35. The zero-order valence-electron chi connectivity index (χ0n) is 8.26. The maximum Gasteiger partial charge on any atom is 0.228 e. The molecule has 3 heteroatoms. The third kappa shape index (κ3) is 1.22. The average molecular weight is 171 g/mol. The van der Waals surface area contributed by atoms with Gasteiger partial charge in [0, 0.05) is 26.3 Å². The van der Waals surface area contributed by atoms with E-state index in [2.05, 4.69) is 13.8 Å². The first-order chi connectivity index (χ1) is 5.51. The summed E-state index contributed by atoms with van der Waals surface area (Å²) in [6, 6.07) is 0. The minimum atomic E-state index is 0.0234. The zero-order valence-corrected chi connectivity index (χ0v) is 8.26. The molecule has 1 unspecified atom stereocenters. The van der Waals surface area contributed by atoms with Gasteiger partial charge in [-0.15, -0.1) is 0 Å². The van der Waals surface area contributed by atoms with Crippen LogP contribution in [0.5, 0.6) is 0 Å². The number of likely N-dealkylation sites (tertiary alicyclic amines) is 1. The number of amides is 1. The van der Waals surface area contributed by atoms with Crippen LogP contribution >= 0.6 is 0 Å². The lowest BCUT2D eigenvalue weighted by Gasteiger charge is -2.52. The van der Waals surface area contributed by atoms with E-state index in [1.54, 1.807) is 12.0 Å². The summed E-state index contributed by atoms with van der Waals surface area (Å²) in [7, 11) is 3.52. The summed E-state index contributed by atoms with van der Waals surface area (Å²) in [5, 5.41) is 0. The summed E-state index contributed by atoms with van der Waals surface area (Å²) in [5.74, 6) is 0.402. The monoisotopic (exact) mass is 171 g/mol. The van der Waals surface area contributed by atoms with Crippen LogP contribution in [-0.4, -0.2) is 37.1 Å². The Morgan fingerprint density at radius 2 is 2.17 bits per heavy atom. The number of hydrogen-bond donors (Lipinski definition) is 0. The van der Waals surface area contributed by atoms with Crippen LogP contribution in [0, 0.1) is 5.92 Å². The number of methoxy groups -OCH3 is 1. The highest BCUT2D eigenvalue weighted by Gasteiger charge is 2.50. The van der Waals surface area contributed by atoms with Gasteiger partial charge >= 0.3 is 0 Å². The van der Waals surface area contributed by atoms with Gasteiger partial charge in [-0.2, -0.15) is 0 Å². The van der Waals surface area contributed by atoms with Crippen LogP contribution < -0.4 is 0 Å². The normalized spacial score (nSPS) is 27.2. The molecule has 1 aliphatic rings. The first-order valence-electron chi connectivity index (χ1n) is 4.28. The Balaban J connectivity index is 2.50. The Hall–Kier alpha value is -0.570. The van der Waals surface area contributed by atoms with Gasteiger partial charge in [-0.1, -0.05) is 0 Å². The van der Waals surface area contributed by atoms with Crippen LogP contribution in [0.15, 0.2) is 0 Å². The van der Waals surface area contributed by atoms with Crippen molar-refractivity contribution in [3.05, 3.63) is 0 Å². The molecule has 1 fully saturated rings. The lowest BCUT2D eigenvalue weighted by atomic mass is 9.75. The molecule has 0 aromatic heterocycles. The van der Waals surface area contributed by atoms with Crippen LogP contribution in [0.1, 0.15) is 20.3 Å². The van der Waals surface area contributed by atoms with Crippen LogP contribution in [0.4, 0.5) is 0 Å². The van der Waals surface area contributed by atoms with Crippen molar-refractivity contribution in [3.8, 4) is 0 Å². The number of carbonyl (C=O) groups is 1. The second kappa shape index (κ2) is 3.05. The fourth-order valence-electron chi connectivity index (χ4n) is 1.70. The molecule has 3 nitrogen and oxygen atoms in total. The summed E-state index contributed by atoms with van der Waals surface area (Å²) < 4.78 is 4.95. The first kappa shape index (κ1) is 9.52. The van der Waals surface area contributed by atoms with Crippen molar-refractivity contribution in [2.24, 2.45) is 5.92 Å². The molecular weight excluding hydrogens is 154 g/mol. The van der Waals surface area contributed by atoms with Crippen molar-refractivity contribution < 1.29 is 9.53 Å². The van der Waals surface area contributed by atoms with Gasteiger partial charge in [-0.3, -0.25) is 4.79 Å². The summed E-state index contributed by atoms with van der Waals surface area (Å²) in [6.45, 7) is 4.86. The molecule has 1 saturated heterocycles. The molecule has 0 aromatic rings. The van der Waals surface area contributed by atoms with Crippen molar-refractivity contribution in [1.82, 2.24) is 4.90 Å². The van der Waals surface area contributed by atoms with E-state index in [1.807, 2.05) is 7.05 Å². The predicted octanol–water partition coefficient (Wildman–Crippen LogP) is 0.890. The van der Waals surface area contributed by atoms with Gasteiger partial charge in [0.25, 0.3) is 0 Å². The Morgan fingerprint density at radius 3 is 2.58 bits per heavy atom. The van der Waals surface area contributed by atoms with E-state index in [1.165, 1.54) is 0 Å². The highest BCUT2D eigenvalue weighted by atomic mass is 16.5. The molecule has 1 rings (SSSR count).